The summed E-state index contributed by atoms with van der Waals surface area (Å²) in [6.07, 6.45) is 0. The summed E-state index contributed by atoms with van der Waals surface area (Å²) in [5.74, 6) is 0. The van der Waals surface area contributed by atoms with Gasteiger partial charge in [0, 0.05) is 10.7 Å². The van der Waals surface area contributed by atoms with E-state index in [-0.39, 0.29) is 0 Å². The molecule has 0 aliphatic carbocycles. The average molecular weight is 188 g/mol. The second kappa shape index (κ2) is 3.23. The highest BCUT2D eigenvalue weighted by molar-refractivity contribution is 6.41. The lowest BCUT2D eigenvalue weighted by atomic mass is 10.3. The lowest BCUT2D eigenvalue weighted by Crippen LogP contribution is -2.12. The van der Waals surface area contributed by atoms with Crippen LogP contribution in [0.1, 0.15) is 0 Å². The lowest BCUT2D eigenvalue weighted by Gasteiger charge is -2.12. The van der Waals surface area contributed by atoms with E-state index in [1.165, 1.54) is 5.69 Å². The van der Waals surface area contributed by atoms with Gasteiger partial charge in [-0.25, -0.2) is 0 Å². The van der Waals surface area contributed by atoms with Gasteiger partial charge in [0.15, 0.2) is 0 Å². The molecule has 4 heteroatoms. The summed E-state index contributed by atoms with van der Waals surface area (Å²) in [4.78, 5) is 0. The molecule has 0 unspecified atom stereocenters. The third kappa shape index (κ3) is 1.86. The molecule has 0 saturated heterocycles. The van der Waals surface area contributed by atoms with E-state index in [0.717, 1.165) is 25.8 Å². The van der Waals surface area contributed by atoms with Crippen LogP contribution in [0.5, 0.6) is 0 Å². The second-order valence-electron chi connectivity index (χ2n) is 2.37. The van der Waals surface area contributed by atoms with Crippen LogP contribution in [0, 0.1) is 0 Å². The Morgan fingerprint density at radius 2 is 1.60 bits per heavy atom. The molecule has 0 spiro atoms. The molecule has 1 aromatic carbocycles. The summed E-state index contributed by atoms with van der Waals surface area (Å²) >= 11 is 5.72. The molecule has 0 N–H and O–H groups in total. The molecule has 0 atom stereocenters. The van der Waals surface area contributed by atoms with Gasteiger partial charge < -0.3 is 4.23 Å². The quantitative estimate of drug-likeness (QED) is 0.547. The maximum Gasteiger partial charge on any atom is 0.0965 e. The standard InChI is InChI=1S/C6H10ClNSi2/c7-5-1-3-6(4-2-5)8(9)10/h1-4H,9-10H3. The Labute approximate surface area is 72.0 Å². The molecule has 0 aromatic heterocycles. The van der Waals surface area contributed by atoms with Gasteiger partial charge in [0.1, 0.15) is 0 Å². The zero-order chi connectivity index (χ0) is 7.56. The molecule has 54 valence electrons. The Balaban J connectivity index is 2.89. The number of halogens is 1. The van der Waals surface area contributed by atoms with Crippen molar-refractivity contribution in [3.63, 3.8) is 0 Å². The van der Waals surface area contributed by atoms with Crippen molar-refractivity contribution >= 4 is 38.1 Å². The second-order valence-corrected chi connectivity index (χ2v) is 7.28. The van der Waals surface area contributed by atoms with E-state index in [4.69, 9.17) is 11.6 Å². The van der Waals surface area contributed by atoms with Crippen molar-refractivity contribution in [2.75, 3.05) is 4.23 Å². The molecule has 0 heterocycles. The van der Waals surface area contributed by atoms with Crippen LogP contribution in [0.2, 0.25) is 5.02 Å². The monoisotopic (exact) mass is 187 g/mol. The SMILES string of the molecule is [SiH3]N([SiH3])c1ccc(Cl)cc1. The third-order valence-electron chi connectivity index (χ3n) is 1.34. The fraction of sp³-hybridized carbons (Fsp3) is 0. The largest absolute Gasteiger partial charge is 0.439 e. The van der Waals surface area contributed by atoms with Gasteiger partial charge in [-0.1, -0.05) is 11.6 Å². The summed E-state index contributed by atoms with van der Waals surface area (Å²) in [7, 11) is 2.21. The first kappa shape index (κ1) is 7.85. The summed E-state index contributed by atoms with van der Waals surface area (Å²) in [5, 5.41) is 0.814. The molecule has 10 heavy (non-hydrogen) atoms. The lowest BCUT2D eigenvalue weighted by molar-refractivity contribution is 1.57. The summed E-state index contributed by atoms with van der Waals surface area (Å²) in [5.41, 5.74) is 1.29. The van der Waals surface area contributed by atoms with Crippen LogP contribution in [-0.4, -0.2) is 20.8 Å². The number of rotatable bonds is 1. The molecule has 0 fully saturated rings. The fourth-order valence-corrected chi connectivity index (χ4v) is 1.46. The van der Waals surface area contributed by atoms with E-state index in [0.29, 0.717) is 0 Å². The van der Waals surface area contributed by atoms with Gasteiger partial charge in [-0.3, -0.25) is 0 Å². The molecular formula is C6H10ClNSi2. The van der Waals surface area contributed by atoms with Crippen molar-refractivity contribution in [2.45, 2.75) is 0 Å². The molecular weight excluding hydrogens is 178 g/mol. The zero-order valence-electron chi connectivity index (χ0n) is 6.13. The minimum atomic E-state index is 0.814. The first-order valence-electron chi connectivity index (χ1n) is 3.13. The fourth-order valence-electron chi connectivity index (χ4n) is 0.739. The van der Waals surface area contributed by atoms with Crippen molar-refractivity contribution in [1.29, 1.82) is 0 Å². The van der Waals surface area contributed by atoms with Gasteiger partial charge in [-0.15, -0.1) is 0 Å². The maximum atomic E-state index is 5.72. The van der Waals surface area contributed by atoms with Gasteiger partial charge >= 0.3 is 0 Å². The van der Waals surface area contributed by atoms with Crippen LogP contribution in [0.15, 0.2) is 24.3 Å². The predicted molar refractivity (Wildman–Crippen MR) is 53.8 cm³/mol. The van der Waals surface area contributed by atoms with Crippen molar-refractivity contribution < 1.29 is 0 Å². The number of hydrogen-bond acceptors (Lipinski definition) is 1. The Hall–Kier alpha value is -0.256. The molecule has 0 radical (unpaired) electrons. The predicted octanol–water partition coefficient (Wildman–Crippen LogP) is -0.293. The normalized spacial score (nSPS) is 10.1. The summed E-state index contributed by atoms with van der Waals surface area (Å²) < 4.78 is 2.32. The molecule has 1 rings (SSSR count). The number of benzene rings is 1. The molecule has 1 aromatic rings. The van der Waals surface area contributed by atoms with Gasteiger partial charge in [0.2, 0.25) is 0 Å². The van der Waals surface area contributed by atoms with Crippen molar-refractivity contribution in [3.05, 3.63) is 29.3 Å². The number of nitrogens with zero attached hydrogens (tertiary/aromatic N) is 1. The van der Waals surface area contributed by atoms with Crippen LogP contribution in [-0.2, 0) is 0 Å². The highest BCUT2D eigenvalue weighted by Gasteiger charge is 1.91. The maximum absolute atomic E-state index is 5.72. The van der Waals surface area contributed by atoms with Crippen molar-refractivity contribution in [2.24, 2.45) is 0 Å². The van der Waals surface area contributed by atoms with E-state index in [2.05, 4.69) is 16.4 Å². The van der Waals surface area contributed by atoms with Crippen LogP contribution in [0.3, 0.4) is 0 Å². The van der Waals surface area contributed by atoms with E-state index in [1.54, 1.807) is 0 Å². The molecule has 0 aliphatic heterocycles. The minimum Gasteiger partial charge on any atom is -0.439 e. The van der Waals surface area contributed by atoms with Crippen LogP contribution in [0.25, 0.3) is 0 Å². The Bertz CT molecular complexity index is 209. The number of hydrogen-bond donors (Lipinski definition) is 0. The number of anilines is 1. The molecule has 0 amide bonds. The third-order valence-corrected chi connectivity index (χ3v) is 2.63. The van der Waals surface area contributed by atoms with Crippen LogP contribution < -0.4 is 4.23 Å². The molecule has 0 bridgehead atoms. The minimum absolute atomic E-state index is 0.814. The van der Waals surface area contributed by atoms with Gasteiger partial charge in [-0.05, 0) is 24.3 Å². The van der Waals surface area contributed by atoms with E-state index < -0.39 is 0 Å². The Morgan fingerprint density at radius 1 is 1.10 bits per heavy atom. The van der Waals surface area contributed by atoms with Gasteiger partial charge in [-0.2, -0.15) is 0 Å². The zero-order valence-corrected chi connectivity index (χ0v) is 10.9. The summed E-state index contributed by atoms with van der Waals surface area (Å²) in [6, 6.07) is 7.98. The Kier molecular flexibility index (Phi) is 2.53. The van der Waals surface area contributed by atoms with E-state index in [1.807, 2.05) is 12.1 Å². The average Bonchev–Trinajstić information content (AvgIpc) is 1.88. The molecule has 0 saturated carbocycles. The smallest absolute Gasteiger partial charge is 0.0965 e. The van der Waals surface area contributed by atoms with E-state index >= 15 is 0 Å². The topological polar surface area (TPSA) is 3.24 Å². The van der Waals surface area contributed by atoms with Gasteiger partial charge in [0.25, 0.3) is 0 Å². The van der Waals surface area contributed by atoms with Gasteiger partial charge in [0.05, 0.1) is 20.8 Å². The van der Waals surface area contributed by atoms with Crippen molar-refractivity contribution in [3.8, 4) is 0 Å². The molecule has 0 aliphatic rings. The first-order chi connectivity index (χ1) is 4.70. The van der Waals surface area contributed by atoms with Crippen LogP contribution in [0.4, 0.5) is 5.69 Å². The van der Waals surface area contributed by atoms with Crippen molar-refractivity contribution in [1.82, 2.24) is 0 Å². The highest BCUT2D eigenvalue weighted by Crippen LogP contribution is 2.14. The molecule has 1 nitrogen and oxygen atoms in total. The Morgan fingerprint density at radius 3 is 2.00 bits per heavy atom. The highest BCUT2D eigenvalue weighted by atomic mass is 35.5. The first-order valence-corrected chi connectivity index (χ1v) is 5.30. The van der Waals surface area contributed by atoms with Crippen LogP contribution >= 0.6 is 11.6 Å². The van der Waals surface area contributed by atoms with E-state index in [9.17, 15) is 0 Å². The summed E-state index contributed by atoms with van der Waals surface area (Å²) in [6.45, 7) is 0.